The maximum atomic E-state index is 13.6. The summed E-state index contributed by atoms with van der Waals surface area (Å²) in [7, 11) is 0. The van der Waals surface area contributed by atoms with Crippen LogP contribution in [0.4, 0.5) is 10.1 Å². The maximum Gasteiger partial charge on any atom is 0.146 e. The van der Waals surface area contributed by atoms with Crippen molar-refractivity contribution < 1.29 is 4.39 Å². The molecule has 2 heteroatoms. The van der Waals surface area contributed by atoms with Gasteiger partial charge in [0.1, 0.15) is 5.82 Å². The summed E-state index contributed by atoms with van der Waals surface area (Å²) in [5.74, 6) is 0.580. The van der Waals surface area contributed by atoms with Gasteiger partial charge in [0.25, 0.3) is 0 Å². The molecule has 0 amide bonds. The number of halogens is 1. The van der Waals surface area contributed by atoms with Crippen LogP contribution in [0.15, 0.2) is 18.2 Å². The van der Waals surface area contributed by atoms with Gasteiger partial charge in [-0.05, 0) is 43.4 Å². The number of benzene rings is 1. The molecule has 0 bridgehead atoms. The molecule has 1 nitrogen and oxygen atoms in total. The van der Waals surface area contributed by atoms with Crippen molar-refractivity contribution in [1.29, 1.82) is 0 Å². The molecular weight excluding hydrogens is 225 g/mol. The summed E-state index contributed by atoms with van der Waals surface area (Å²) in [6, 6.07) is 5.27. The van der Waals surface area contributed by atoms with Crippen molar-refractivity contribution in [2.45, 2.75) is 51.9 Å². The van der Waals surface area contributed by atoms with Gasteiger partial charge in [0, 0.05) is 6.54 Å². The number of hydrogen-bond acceptors (Lipinski definition) is 1. The SMILES string of the molecule is Cc1ccc(F)c(NCC2CCCCCCC2)c1. The van der Waals surface area contributed by atoms with Crippen LogP contribution in [0.2, 0.25) is 0 Å². The van der Waals surface area contributed by atoms with Crippen molar-refractivity contribution in [3.8, 4) is 0 Å². The number of aryl methyl sites for hydroxylation is 1. The molecule has 1 aliphatic carbocycles. The first-order valence-corrected chi connectivity index (χ1v) is 7.26. The van der Waals surface area contributed by atoms with E-state index in [1.54, 1.807) is 6.07 Å². The Labute approximate surface area is 110 Å². The Morgan fingerprint density at radius 2 is 1.78 bits per heavy atom. The van der Waals surface area contributed by atoms with Crippen molar-refractivity contribution in [3.63, 3.8) is 0 Å². The Kier molecular flexibility index (Phi) is 5.03. The molecule has 1 aliphatic rings. The Bertz CT molecular complexity index is 367. The predicted molar refractivity (Wildman–Crippen MR) is 75.4 cm³/mol. The van der Waals surface area contributed by atoms with Crippen LogP contribution in [0.3, 0.4) is 0 Å². The predicted octanol–water partition coefficient (Wildman–Crippen LogP) is 4.91. The van der Waals surface area contributed by atoms with Gasteiger partial charge < -0.3 is 5.32 Å². The van der Waals surface area contributed by atoms with E-state index in [0.717, 1.165) is 12.1 Å². The van der Waals surface area contributed by atoms with E-state index in [0.29, 0.717) is 11.6 Å². The second-order valence-corrected chi connectivity index (χ2v) is 5.58. The van der Waals surface area contributed by atoms with Crippen molar-refractivity contribution in [2.24, 2.45) is 5.92 Å². The van der Waals surface area contributed by atoms with Crippen LogP contribution in [0.5, 0.6) is 0 Å². The summed E-state index contributed by atoms with van der Waals surface area (Å²) in [4.78, 5) is 0. The van der Waals surface area contributed by atoms with Gasteiger partial charge in [-0.3, -0.25) is 0 Å². The van der Waals surface area contributed by atoms with Crippen LogP contribution in [0, 0.1) is 18.7 Å². The molecule has 18 heavy (non-hydrogen) atoms. The average Bonchev–Trinajstić information content (AvgIpc) is 2.32. The Morgan fingerprint density at radius 1 is 1.11 bits per heavy atom. The van der Waals surface area contributed by atoms with Crippen LogP contribution >= 0.6 is 0 Å². The number of anilines is 1. The molecule has 1 saturated carbocycles. The highest BCUT2D eigenvalue weighted by atomic mass is 19.1. The van der Waals surface area contributed by atoms with E-state index in [1.165, 1.54) is 44.9 Å². The number of rotatable bonds is 3. The third-order valence-electron chi connectivity index (χ3n) is 3.93. The second-order valence-electron chi connectivity index (χ2n) is 5.58. The third kappa shape index (κ3) is 4.01. The molecule has 0 aliphatic heterocycles. The number of nitrogens with one attached hydrogen (secondary N) is 1. The summed E-state index contributed by atoms with van der Waals surface area (Å²) in [5.41, 5.74) is 1.77. The summed E-state index contributed by atoms with van der Waals surface area (Å²) in [6.07, 6.45) is 9.39. The number of hydrogen-bond donors (Lipinski definition) is 1. The van der Waals surface area contributed by atoms with Crippen LogP contribution in [0.1, 0.15) is 50.5 Å². The zero-order chi connectivity index (χ0) is 12.8. The summed E-state index contributed by atoms with van der Waals surface area (Å²) in [5, 5.41) is 3.30. The van der Waals surface area contributed by atoms with Crippen molar-refractivity contribution in [3.05, 3.63) is 29.6 Å². The van der Waals surface area contributed by atoms with E-state index in [4.69, 9.17) is 0 Å². The van der Waals surface area contributed by atoms with Crippen LogP contribution in [-0.4, -0.2) is 6.54 Å². The van der Waals surface area contributed by atoms with Gasteiger partial charge in [0.15, 0.2) is 0 Å². The summed E-state index contributed by atoms with van der Waals surface area (Å²) >= 11 is 0. The van der Waals surface area contributed by atoms with Crippen LogP contribution in [0.25, 0.3) is 0 Å². The van der Waals surface area contributed by atoms with Gasteiger partial charge in [-0.1, -0.05) is 38.2 Å². The molecule has 0 atom stereocenters. The molecule has 1 aromatic rings. The van der Waals surface area contributed by atoms with Crippen LogP contribution in [-0.2, 0) is 0 Å². The summed E-state index contributed by atoms with van der Waals surface area (Å²) in [6.45, 7) is 2.92. The minimum atomic E-state index is -0.133. The van der Waals surface area contributed by atoms with E-state index in [1.807, 2.05) is 19.1 Å². The molecule has 2 rings (SSSR count). The van der Waals surface area contributed by atoms with Gasteiger partial charge in [-0.25, -0.2) is 4.39 Å². The molecule has 1 fully saturated rings. The highest BCUT2D eigenvalue weighted by molar-refractivity contribution is 5.47. The maximum absolute atomic E-state index is 13.6. The second kappa shape index (κ2) is 6.77. The third-order valence-corrected chi connectivity index (χ3v) is 3.93. The fourth-order valence-electron chi connectivity index (χ4n) is 2.77. The Morgan fingerprint density at radius 3 is 2.50 bits per heavy atom. The molecule has 100 valence electrons. The lowest BCUT2D eigenvalue weighted by Gasteiger charge is -2.20. The smallest absolute Gasteiger partial charge is 0.146 e. The quantitative estimate of drug-likeness (QED) is 0.802. The van der Waals surface area contributed by atoms with Gasteiger partial charge in [-0.2, -0.15) is 0 Å². The first-order valence-electron chi connectivity index (χ1n) is 7.26. The molecule has 0 saturated heterocycles. The molecule has 0 aromatic heterocycles. The first kappa shape index (κ1) is 13.4. The van der Waals surface area contributed by atoms with Gasteiger partial charge in [-0.15, -0.1) is 0 Å². The minimum Gasteiger partial charge on any atom is -0.382 e. The van der Waals surface area contributed by atoms with E-state index >= 15 is 0 Å². The van der Waals surface area contributed by atoms with E-state index < -0.39 is 0 Å². The van der Waals surface area contributed by atoms with Crippen molar-refractivity contribution in [1.82, 2.24) is 0 Å². The van der Waals surface area contributed by atoms with Crippen molar-refractivity contribution >= 4 is 5.69 Å². The highest BCUT2D eigenvalue weighted by Crippen LogP contribution is 2.23. The lowest BCUT2D eigenvalue weighted by molar-refractivity contribution is 0.392. The molecular formula is C16H24FN. The fraction of sp³-hybridized carbons (Fsp3) is 0.625. The fourth-order valence-corrected chi connectivity index (χ4v) is 2.77. The molecule has 0 radical (unpaired) electrons. The lowest BCUT2D eigenvalue weighted by Crippen LogP contribution is -2.16. The van der Waals surface area contributed by atoms with E-state index in [9.17, 15) is 4.39 Å². The normalized spacial score (nSPS) is 18.1. The first-order chi connectivity index (χ1) is 8.75. The zero-order valence-corrected chi connectivity index (χ0v) is 11.3. The lowest BCUT2D eigenvalue weighted by atomic mass is 9.91. The van der Waals surface area contributed by atoms with Gasteiger partial charge in [0.2, 0.25) is 0 Å². The van der Waals surface area contributed by atoms with E-state index in [-0.39, 0.29) is 5.82 Å². The van der Waals surface area contributed by atoms with Gasteiger partial charge >= 0.3 is 0 Å². The largest absolute Gasteiger partial charge is 0.382 e. The van der Waals surface area contributed by atoms with Crippen molar-refractivity contribution in [2.75, 3.05) is 11.9 Å². The molecule has 1 N–H and O–H groups in total. The molecule has 0 unspecified atom stereocenters. The average molecular weight is 249 g/mol. The van der Waals surface area contributed by atoms with Crippen LogP contribution < -0.4 is 5.32 Å². The molecule has 0 spiro atoms. The topological polar surface area (TPSA) is 12.0 Å². The van der Waals surface area contributed by atoms with E-state index in [2.05, 4.69) is 5.32 Å². The molecule has 0 heterocycles. The Balaban J connectivity index is 1.87. The standard InChI is InChI=1S/C16H24FN/c1-13-9-10-15(17)16(11-13)18-12-14-7-5-3-2-4-6-8-14/h9-11,14,18H,2-8,12H2,1H3. The summed E-state index contributed by atoms with van der Waals surface area (Å²) < 4.78 is 13.6. The Hall–Kier alpha value is -1.05. The highest BCUT2D eigenvalue weighted by Gasteiger charge is 2.12. The monoisotopic (exact) mass is 249 g/mol. The molecule has 1 aromatic carbocycles. The zero-order valence-electron chi connectivity index (χ0n) is 11.3. The van der Waals surface area contributed by atoms with Gasteiger partial charge in [0.05, 0.1) is 5.69 Å². The minimum absolute atomic E-state index is 0.133.